The molecule has 0 aromatic heterocycles. The van der Waals surface area contributed by atoms with Gasteiger partial charge in [-0.3, -0.25) is 14.5 Å². The highest BCUT2D eigenvalue weighted by Gasteiger charge is 2.47. The molecule has 1 heterocycles. The van der Waals surface area contributed by atoms with Crippen LogP contribution in [0.2, 0.25) is 0 Å². The van der Waals surface area contributed by atoms with Gasteiger partial charge in [-0.15, -0.1) is 0 Å². The fourth-order valence-corrected chi connectivity index (χ4v) is 4.29. The molecule has 0 aliphatic carbocycles. The van der Waals surface area contributed by atoms with E-state index in [9.17, 15) is 14.7 Å². The third-order valence-electron chi connectivity index (χ3n) is 5.78. The molecule has 0 saturated carbocycles. The number of aliphatic hydroxyl groups is 1. The quantitative estimate of drug-likeness (QED) is 0.256. The summed E-state index contributed by atoms with van der Waals surface area (Å²) in [4.78, 5) is 28.2. The molecule has 1 aliphatic heterocycles. The predicted molar refractivity (Wildman–Crippen MR) is 138 cm³/mol. The van der Waals surface area contributed by atoms with Gasteiger partial charge >= 0.3 is 0 Å². The molecule has 7 nitrogen and oxygen atoms in total. The molecule has 1 aliphatic rings. The molecule has 0 spiro atoms. The van der Waals surface area contributed by atoms with Gasteiger partial charge in [-0.05, 0) is 62.7 Å². The van der Waals surface area contributed by atoms with Crippen LogP contribution in [0.3, 0.4) is 0 Å². The summed E-state index contributed by atoms with van der Waals surface area (Å²) >= 11 is 0. The highest BCUT2D eigenvalue weighted by atomic mass is 16.5. The number of methoxy groups -OCH3 is 1. The van der Waals surface area contributed by atoms with Crippen LogP contribution in [0.5, 0.6) is 17.2 Å². The Labute approximate surface area is 210 Å². The van der Waals surface area contributed by atoms with Crippen molar-refractivity contribution in [3.8, 4) is 17.2 Å². The van der Waals surface area contributed by atoms with Crippen LogP contribution in [0.25, 0.3) is 5.76 Å². The first-order valence-corrected chi connectivity index (χ1v) is 11.8. The van der Waals surface area contributed by atoms with Gasteiger partial charge in [0, 0.05) is 11.8 Å². The number of carbonyl (C=O) groups excluding carboxylic acids is 2. The van der Waals surface area contributed by atoms with Crippen LogP contribution in [0.15, 0.2) is 78.4 Å². The Morgan fingerprint density at radius 2 is 1.69 bits per heavy atom. The summed E-state index contributed by atoms with van der Waals surface area (Å²) in [5.41, 5.74) is 1.42. The summed E-state index contributed by atoms with van der Waals surface area (Å²) in [7, 11) is 1.48. The van der Waals surface area contributed by atoms with Crippen molar-refractivity contribution in [1.29, 1.82) is 0 Å². The van der Waals surface area contributed by atoms with Crippen LogP contribution in [0, 0.1) is 0 Å². The number of aliphatic hydroxyl groups excluding tert-OH is 1. The molecule has 0 radical (unpaired) electrons. The van der Waals surface area contributed by atoms with Gasteiger partial charge in [0.2, 0.25) is 0 Å². The molecule has 0 bridgehead atoms. The second kappa shape index (κ2) is 10.6. The number of Topliss-reactive ketones (excluding diaryl/α,β-unsaturated/α-hetero) is 1. The Kier molecular flexibility index (Phi) is 7.29. The fraction of sp³-hybridized carbons (Fsp3) is 0.241. The van der Waals surface area contributed by atoms with Crippen LogP contribution < -0.4 is 19.1 Å². The number of benzene rings is 3. The molecule has 7 heteroatoms. The van der Waals surface area contributed by atoms with Crippen molar-refractivity contribution in [3.63, 3.8) is 0 Å². The first-order chi connectivity index (χ1) is 17.3. The third kappa shape index (κ3) is 4.77. The second-order valence-electron chi connectivity index (χ2n) is 8.54. The number of carbonyl (C=O) groups is 2. The van der Waals surface area contributed by atoms with E-state index in [0.717, 1.165) is 0 Å². The Bertz CT molecular complexity index is 1300. The van der Waals surface area contributed by atoms with Gasteiger partial charge in [0.15, 0.2) is 0 Å². The van der Waals surface area contributed by atoms with E-state index in [-0.39, 0.29) is 17.4 Å². The molecule has 1 N–H and O–H groups in total. The van der Waals surface area contributed by atoms with Gasteiger partial charge < -0.3 is 19.3 Å². The molecule has 1 saturated heterocycles. The van der Waals surface area contributed by atoms with Crippen molar-refractivity contribution in [3.05, 3.63) is 89.5 Å². The minimum Gasteiger partial charge on any atom is -0.507 e. The van der Waals surface area contributed by atoms with E-state index in [2.05, 4.69) is 0 Å². The molecule has 36 heavy (non-hydrogen) atoms. The second-order valence-corrected chi connectivity index (χ2v) is 8.54. The van der Waals surface area contributed by atoms with Gasteiger partial charge in [0.05, 0.1) is 37.0 Å². The smallest absolute Gasteiger partial charge is 0.300 e. The first kappa shape index (κ1) is 24.9. The van der Waals surface area contributed by atoms with Crippen LogP contribution in [-0.2, 0) is 9.59 Å². The molecular formula is C29H29NO6. The third-order valence-corrected chi connectivity index (χ3v) is 5.78. The lowest BCUT2D eigenvalue weighted by Gasteiger charge is -2.26. The number of hydrogen-bond donors (Lipinski definition) is 1. The number of para-hydroxylation sites is 1. The minimum atomic E-state index is -0.875. The van der Waals surface area contributed by atoms with Crippen LogP contribution in [-0.4, -0.2) is 36.6 Å². The van der Waals surface area contributed by atoms with Gasteiger partial charge in [-0.25, -0.2) is 0 Å². The van der Waals surface area contributed by atoms with Crippen molar-refractivity contribution in [2.75, 3.05) is 18.6 Å². The van der Waals surface area contributed by atoms with Crippen LogP contribution in [0.4, 0.5) is 5.69 Å². The number of amides is 1. The molecule has 1 fully saturated rings. The highest BCUT2D eigenvalue weighted by molar-refractivity contribution is 6.51. The van der Waals surface area contributed by atoms with Gasteiger partial charge in [0.1, 0.15) is 23.0 Å². The first-order valence-electron chi connectivity index (χ1n) is 11.8. The summed E-state index contributed by atoms with van der Waals surface area (Å²) in [5, 5.41) is 11.4. The lowest BCUT2D eigenvalue weighted by Crippen LogP contribution is -2.29. The molecule has 186 valence electrons. The summed E-state index contributed by atoms with van der Waals surface area (Å²) in [5.74, 6) is -0.212. The zero-order valence-electron chi connectivity index (χ0n) is 20.7. The summed E-state index contributed by atoms with van der Waals surface area (Å²) in [6.07, 6.45) is -0.00617. The molecule has 1 unspecified atom stereocenters. The van der Waals surface area contributed by atoms with E-state index < -0.39 is 17.7 Å². The van der Waals surface area contributed by atoms with E-state index in [4.69, 9.17) is 14.2 Å². The Hall–Kier alpha value is -4.26. The predicted octanol–water partition coefficient (Wildman–Crippen LogP) is 5.51. The Balaban J connectivity index is 1.91. The number of hydrogen-bond acceptors (Lipinski definition) is 6. The van der Waals surface area contributed by atoms with E-state index >= 15 is 0 Å². The van der Waals surface area contributed by atoms with E-state index in [1.807, 2.05) is 20.8 Å². The zero-order valence-corrected chi connectivity index (χ0v) is 20.7. The number of nitrogens with zero attached hydrogens (tertiary/aromatic N) is 1. The van der Waals surface area contributed by atoms with Crippen molar-refractivity contribution in [2.24, 2.45) is 0 Å². The summed E-state index contributed by atoms with van der Waals surface area (Å²) < 4.78 is 16.8. The standard InChI is InChI=1S/C29H29NO6/c1-5-35-22-10-8-9-20(17-22)30-26(19-13-15-21(16-14-19)36-18(2)3)25(28(32)29(30)33)27(31)23-11-6-7-12-24(23)34-4/h6-18,26,31H,5H2,1-4H3/b27-25+. The van der Waals surface area contributed by atoms with Gasteiger partial charge in [-0.1, -0.05) is 30.3 Å². The zero-order chi connectivity index (χ0) is 25.8. The molecule has 3 aromatic rings. The van der Waals surface area contributed by atoms with Crippen LogP contribution in [0.1, 0.15) is 37.9 Å². The topological polar surface area (TPSA) is 85.3 Å². The monoisotopic (exact) mass is 487 g/mol. The maximum absolute atomic E-state index is 13.4. The molecule has 1 amide bonds. The number of ketones is 1. The number of rotatable bonds is 8. The van der Waals surface area contributed by atoms with E-state index in [1.165, 1.54) is 12.0 Å². The maximum atomic E-state index is 13.4. The molecular weight excluding hydrogens is 458 g/mol. The molecule has 3 aromatic carbocycles. The summed E-state index contributed by atoms with van der Waals surface area (Å²) in [6.45, 7) is 6.19. The van der Waals surface area contributed by atoms with Crippen molar-refractivity contribution in [2.45, 2.75) is 32.9 Å². The highest BCUT2D eigenvalue weighted by Crippen LogP contribution is 2.44. The van der Waals surface area contributed by atoms with Crippen molar-refractivity contribution in [1.82, 2.24) is 0 Å². The van der Waals surface area contributed by atoms with Crippen molar-refractivity contribution >= 4 is 23.1 Å². The molecule has 4 rings (SSSR count). The number of ether oxygens (including phenoxy) is 3. The average molecular weight is 488 g/mol. The average Bonchev–Trinajstić information content (AvgIpc) is 3.14. The van der Waals surface area contributed by atoms with Gasteiger partial charge in [-0.2, -0.15) is 0 Å². The molecule has 1 atom stereocenters. The van der Waals surface area contributed by atoms with E-state index in [0.29, 0.717) is 40.7 Å². The lowest BCUT2D eigenvalue weighted by molar-refractivity contribution is -0.132. The fourth-order valence-electron chi connectivity index (χ4n) is 4.29. The SMILES string of the molecule is CCOc1cccc(N2C(=O)C(=O)/C(=C(/O)c3ccccc3OC)C2c2ccc(OC(C)C)cc2)c1. The van der Waals surface area contributed by atoms with Crippen LogP contribution >= 0.6 is 0 Å². The number of anilines is 1. The summed E-state index contributed by atoms with van der Waals surface area (Å²) in [6, 6.07) is 20.1. The van der Waals surface area contributed by atoms with Crippen molar-refractivity contribution < 1.29 is 28.9 Å². The Morgan fingerprint density at radius 1 is 0.972 bits per heavy atom. The Morgan fingerprint density at radius 3 is 2.36 bits per heavy atom. The lowest BCUT2D eigenvalue weighted by atomic mass is 9.94. The minimum absolute atomic E-state index is 0.00617. The largest absolute Gasteiger partial charge is 0.507 e. The maximum Gasteiger partial charge on any atom is 0.300 e. The van der Waals surface area contributed by atoms with E-state index in [1.54, 1.807) is 72.8 Å². The normalized spacial score (nSPS) is 16.9. The van der Waals surface area contributed by atoms with Gasteiger partial charge in [0.25, 0.3) is 11.7 Å².